The van der Waals surface area contributed by atoms with Crippen molar-refractivity contribution in [2.45, 2.75) is 31.3 Å². The number of carboxylic acid groups (broad SMARTS) is 1. The minimum absolute atomic E-state index is 0.0332. The molecule has 1 atom stereocenters. The molecule has 1 unspecified atom stereocenters. The Morgan fingerprint density at radius 1 is 1.03 bits per heavy atom. The van der Waals surface area contributed by atoms with E-state index in [4.69, 9.17) is 30.3 Å². The average molecular weight is 547 g/mol. The van der Waals surface area contributed by atoms with E-state index in [1.165, 1.54) is 6.20 Å². The topological polar surface area (TPSA) is 120 Å². The van der Waals surface area contributed by atoms with Crippen molar-refractivity contribution in [1.29, 1.82) is 0 Å². The quantitative estimate of drug-likeness (QED) is 0.259. The summed E-state index contributed by atoms with van der Waals surface area (Å²) in [6, 6.07) is 18.2. The molecule has 1 fully saturated rings. The van der Waals surface area contributed by atoms with Crippen molar-refractivity contribution in [3.8, 4) is 33.9 Å². The molecule has 6 rings (SSSR count). The van der Waals surface area contributed by atoms with Crippen molar-refractivity contribution >= 4 is 29.4 Å². The van der Waals surface area contributed by atoms with Gasteiger partial charge in [0.25, 0.3) is 0 Å². The monoisotopic (exact) mass is 546 g/mol. The van der Waals surface area contributed by atoms with Gasteiger partial charge in [-0.15, -0.1) is 0 Å². The number of ether oxygens (including phenoxy) is 3. The van der Waals surface area contributed by atoms with Gasteiger partial charge in [0.15, 0.2) is 17.3 Å². The van der Waals surface area contributed by atoms with E-state index in [0.717, 1.165) is 11.1 Å². The molecule has 2 aliphatic rings. The summed E-state index contributed by atoms with van der Waals surface area (Å²) >= 11 is 6.21. The van der Waals surface area contributed by atoms with Crippen LogP contribution in [0.25, 0.3) is 22.5 Å². The third-order valence-corrected chi connectivity index (χ3v) is 7.43. The van der Waals surface area contributed by atoms with E-state index in [-0.39, 0.29) is 6.79 Å². The lowest BCUT2D eigenvalue weighted by molar-refractivity contribution is -0.140. The lowest BCUT2D eigenvalue weighted by Crippen LogP contribution is -2.20. The first-order chi connectivity index (χ1) is 18.9. The van der Waals surface area contributed by atoms with E-state index in [1.807, 2.05) is 42.5 Å². The zero-order valence-corrected chi connectivity index (χ0v) is 21.5. The second kappa shape index (κ2) is 9.67. The number of aromatic nitrogens is 1. The number of anilines is 1. The molecule has 0 spiro atoms. The van der Waals surface area contributed by atoms with E-state index < -0.39 is 23.6 Å². The molecule has 1 amide bonds. The Kier molecular flexibility index (Phi) is 6.15. The molecular formula is C29H23ClN2O7. The van der Waals surface area contributed by atoms with E-state index in [9.17, 15) is 14.7 Å². The van der Waals surface area contributed by atoms with Crippen LogP contribution >= 0.6 is 11.6 Å². The molecule has 10 heteroatoms. The fourth-order valence-corrected chi connectivity index (χ4v) is 5.12. The fraction of sp³-hybridized carbons (Fsp3) is 0.207. The number of benzene rings is 3. The average Bonchev–Trinajstić information content (AvgIpc) is 3.36. The fourth-order valence-electron chi connectivity index (χ4n) is 4.83. The third kappa shape index (κ3) is 4.44. The van der Waals surface area contributed by atoms with Crippen LogP contribution in [0.5, 0.6) is 11.5 Å². The maximum absolute atomic E-state index is 12.6. The van der Waals surface area contributed by atoms with Gasteiger partial charge < -0.3 is 23.8 Å². The molecule has 1 aliphatic heterocycles. The first-order valence-electron chi connectivity index (χ1n) is 12.3. The van der Waals surface area contributed by atoms with Crippen LogP contribution in [-0.2, 0) is 14.9 Å². The number of halogens is 1. The third-order valence-electron chi connectivity index (χ3n) is 7.09. The van der Waals surface area contributed by atoms with Crippen LogP contribution in [0.1, 0.15) is 37.0 Å². The summed E-state index contributed by atoms with van der Waals surface area (Å²) in [6.45, 7) is 1.77. The second-order valence-electron chi connectivity index (χ2n) is 9.45. The van der Waals surface area contributed by atoms with Gasteiger partial charge in [-0.3, -0.25) is 10.1 Å². The smallest absolute Gasteiger partial charge is 0.412 e. The minimum atomic E-state index is -0.901. The van der Waals surface area contributed by atoms with Crippen LogP contribution < -0.4 is 14.8 Å². The van der Waals surface area contributed by atoms with Gasteiger partial charge >= 0.3 is 12.1 Å². The number of amides is 1. The van der Waals surface area contributed by atoms with Crippen LogP contribution in [0.15, 0.2) is 71.4 Å². The van der Waals surface area contributed by atoms with Gasteiger partial charge in [0.05, 0.1) is 11.6 Å². The molecule has 2 heterocycles. The second-order valence-corrected chi connectivity index (χ2v) is 9.86. The Labute approximate surface area is 228 Å². The molecule has 1 aromatic heterocycles. The summed E-state index contributed by atoms with van der Waals surface area (Å²) in [5, 5.41) is 16.8. The highest BCUT2D eigenvalue weighted by Gasteiger charge is 2.54. The van der Waals surface area contributed by atoms with E-state index in [0.29, 0.717) is 57.5 Å². The molecule has 1 aliphatic carbocycles. The van der Waals surface area contributed by atoms with Crippen LogP contribution in [0.3, 0.4) is 0 Å². The Morgan fingerprint density at radius 2 is 1.74 bits per heavy atom. The molecule has 0 bridgehead atoms. The predicted molar refractivity (Wildman–Crippen MR) is 142 cm³/mol. The van der Waals surface area contributed by atoms with E-state index in [2.05, 4.69) is 10.5 Å². The molecule has 9 nitrogen and oxygen atoms in total. The molecule has 2 N–H and O–H groups in total. The van der Waals surface area contributed by atoms with Crippen molar-refractivity contribution in [2.75, 3.05) is 12.1 Å². The summed E-state index contributed by atoms with van der Waals surface area (Å²) in [6.07, 6.45) is 1.31. The zero-order valence-electron chi connectivity index (χ0n) is 20.8. The van der Waals surface area contributed by atoms with Crippen molar-refractivity contribution in [2.24, 2.45) is 0 Å². The lowest BCUT2D eigenvalue weighted by Gasteiger charge is -2.15. The van der Waals surface area contributed by atoms with Crippen molar-refractivity contribution in [3.05, 3.63) is 83.0 Å². The SMILES string of the molecule is CC(OC(=O)Nc1cnoc1-c1ccc(-c2ccc(C3(C(=O)O)CC3)c3c2OCO3)cc1)c1ccccc1Cl. The Morgan fingerprint density at radius 3 is 2.46 bits per heavy atom. The number of fused-ring (bicyclic) bond motifs is 1. The van der Waals surface area contributed by atoms with E-state index >= 15 is 0 Å². The molecule has 0 saturated heterocycles. The van der Waals surface area contributed by atoms with Gasteiger partial charge in [0.2, 0.25) is 6.79 Å². The summed E-state index contributed by atoms with van der Waals surface area (Å²) in [5.41, 5.74) is 3.10. The first kappa shape index (κ1) is 24.8. The highest BCUT2D eigenvalue weighted by molar-refractivity contribution is 6.31. The van der Waals surface area contributed by atoms with Gasteiger partial charge in [0.1, 0.15) is 11.8 Å². The Hall–Kier alpha value is -4.50. The molecule has 1 saturated carbocycles. The number of aliphatic carboxylic acids is 1. The standard InChI is InChI=1S/C29H23ClN2O7/c1-16(19-4-2-3-5-22(19)30)38-28(35)32-23-14-31-39-24(23)18-8-6-17(7-9-18)20-10-11-21(26-25(20)36-15-37-26)29(12-13-29)27(33)34/h2-11,14,16H,12-13,15H2,1H3,(H,32,35)(H,33,34). The maximum atomic E-state index is 12.6. The van der Waals surface area contributed by atoms with Crippen LogP contribution in [0.4, 0.5) is 10.5 Å². The Bertz CT molecular complexity index is 1580. The molecule has 198 valence electrons. The molecule has 0 radical (unpaired) electrons. The van der Waals surface area contributed by atoms with Gasteiger partial charge in [-0.1, -0.05) is 71.4 Å². The molecule has 3 aromatic carbocycles. The highest BCUT2D eigenvalue weighted by atomic mass is 35.5. The van der Waals surface area contributed by atoms with Crippen LogP contribution in [0.2, 0.25) is 5.02 Å². The number of hydrogen-bond acceptors (Lipinski definition) is 7. The van der Waals surface area contributed by atoms with Crippen LogP contribution in [0, 0.1) is 0 Å². The number of carbonyl (C=O) groups is 2. The van der Waals surface area contributed by atoms with Gasteiger partial charge in [-0.2, -0.15) is 0 Å². The number of nitrogens with one attached hydrogen (secondary N) is 1. The number of carbonyl (C=O) groups excluding carboxylic acids is 1. The Balaban J connectivity index is 1.20. The van der Waals surface area contributed by atoms with Gasteiger partial charge in [-0.25, -0.2) is 4.79 Å². The first-order valence-corrected chi connectivity index (χ1v) is 12.7. The van der Waals surface area contributed by atoms with Gasteiger partial charge in [-0.05, 0) is 31.4 Å². The molecule has 39 heavy (non-hydrogen) atoms. The van der Waals surface area contributed by atoms with Crippen molar-refractivity contribution < 1.29 is 33.4 Å². The summed E-state index contributed by atoms with van der Waals surface area (Å²) in [7, 11) is 0. The summed E-state index contributed by atoms with van der Waals surface area (Å²) in [5.74, 6) is 0.532. The summed E-state index contributed by atoms with van der Waals surface area (Å²) in [4.78, 5) is 24.4. The predicted octanol–water partition coefficient (Wildman–Crippen LogP) is 6.82. The minimum Gasteiger partial charge on any atom is -0.481 e. The molecule has 4 aromatic rings. The number of hydrogen-bond donors (Lipinski definition) is 2. The summed E-state index contributed by atoms with van der Waals surface area (Å²) < 4.78 is 22.4. The van der Waals surface area contributed by atoms with Gasteiger partial charge in [0, 0.05) is 27.3 Å². The zero-order chi connectivity index (χ0) is 27.1. The van der Waals surface area contributed by atoms with Crippen LogP contribution in [-0.4, -0.2) is 29.1 Å². The van der Waals surface area contributed by atoms with Crippen molar-refractivity contribution in [1.82, 2.24) is 5.16 Å². The number of rotatable bonds is 7. The normalized spacial score (nSPS) is 15.4. The largest absolute Gasteiger partial charge is 0.481 e. The van der Waals surface area contributed by atoms with Crippen molar-refractivity contribution in [3.63, 3.8) is 0 Å². The number of carboxylic acids is 1. The highest BCUT2D eigenvalue weighted by Crippen LogP contribution is 2.56. The van der Waals surface area contributed by atoms with E-state index in [1.54, 1.807) is 25.1 Å². The maximum Gasteiger partial charge on any atom is 0.412 e. The molecular weight excluding hydrogens is 524 g/mol. The number of nitrogens with zero attached hydrogens (tertiary/aromatic N) is 1. The lowest BCUT2D eigenvalue weighted by atomic mass is 9.91.